The summed E-state index contributed by atoms with van der Waals surface area (Å²) >= 11 is 0. The Labute approximate surface area is 133 Å². The zero-order valence-electron chi connectivity index (χ0n) is 14.2. The van der Waals surface area contributed by atoms with E-state index in [4.69, 9.17) is 4.74 Å². The van der Waals surface area contributed by atoms with Gasteiger partial charge in [0.1, 0.15) is 0 Å². The fourth-order valence-electron chi connectivity index (χ4n) is 4.13. The first-order valence-electron chi connectivity index (χ1n) is 8.52. The van der Waals surface area contributed by atoms with Crippen molar-refractivity contribution in [2.24, 2.45) is 5.92 Å². The van der Waals surface area contributed by atoms with Gasteiger partial charge in [0.15, 0.2) is 0 Å². The first-order chi connectivity index (χ1) is 10.5. The third kappa shape index (κ3) is 2.91. The summed E-state index contributed by atoms with van der Waals surface area (Å²) in [5.74, 6) is 0.401. The number of rotatable bonds is 1. The lowest BCUT2D eigenvalue weighted by Gasteiger charge is -2.37. The number of aryl methyl sites for hydroxylation is 2. The van der Waals surface area contributed by atoms with Crippen molar-refractivity contribution in [2.75, 3.05) is 11.4 Å². The van der Waals surface area contributed by atoms with Crippen LogP contribution in [0.2, 0.25) is 0 Å². The number of anilines is 1. The average Bonchev–Trinajstić information content (AvgIpc) is 2.45. The number of ether oxygens (including phenoxy) is 1. The third-order valence-electron chi connectivity index (χ3n) is 5.01. The van der Waals surface area contributed by atoms with Crippen molar-refractivity contribution in [3.8, 4) is 0 Å². The monoisotopic (exact) mass is 301 g/mol. The zero-order valence-corrected chi connectivity index (χ0v) is 14.2. The highest BCUT2D eigenvalue weighted by atomic mass is 16.5. The fraction of sp³-hybridized carbons (Fsp3) is 0.632. The van der Waals surface area contributed by atoms with Gasteiger partial charge in [0.2, 0.25) is 5.91 Å². The second kappa shape index (κ2) is 6.04. The molecule has 1 saturated heterocycles. The number of hydrogen-bond donors (Lipinski definition) is 0. The normalized spacial score (nSPS) is 28.4. The number of nitrogens with zero attached hydrogens (tertiary/aromatic N) is 1. The molecule has 120 valence electrons. The molecule has 3 nitrogen and oxygen atoms in total. The van der Waals surface area contributed by atoms with Crippen LogP contribution in [0.3, 0.4) is 0 Å². The maximum absolute atomic E-state index is 13.1. The molecule has 2 heterocycles. The fourth-order valence-corrected chi connectivity index (χ4v) is 4.13. The van der Waals surface area contributed by atoms with Crippen molar-refractivity contribution >= 4 is 11.6 Å². The smallest absolute Gasteiger partial charge is 0.230 e. The molecule has 1 aromatic carbocycles. The van der Waals surface area contributed by atoms with E-state index >= 15 is 0 Å². The number of carbonyl (C=O) groups excluding carboxylic acids is 1. The highest BCUT2D eigenvalue weighted by Gasteiger charge is 2.34. The summed E-state index contributed by atoms with van der Waals surface area (Å²) in [6, 6.07) is 4.41. The Morgan fingerprint density at radius 2 is 1.86 bits per heavy atom. The number of amides is 1. The van der Waals surface area contributed by atoms with Gasteiger partial charge in [-0.3, -0.25) is 4.79 Å². The molecule has 2 aliphatic heterocycles. The van der Waals surface area contributed by atoms with Gasteiger partial charge in [-0.15, -0.1) is 0 Å². The number of carbonyl (C=O) groups is 1. The standard InChI is InChI=1S/C19H27NO2/c1-12-8-13(2)17-6-5-7-20(18(17)9-12)19(21)16-10-14(3)22-15(4)11-16/h8-9,14-16H,5-7,10-11H2,1-4H3/t14-,15-/m1/s1. The molecular formula is C19H27NO2. The lowest BCUT2D eigenvalue weighted by atomic mass is 9.89. The number of benzene rings is 1. The molecular weight excluding hydrogens is 274 g/mol. The Bertz CT molecular complexity index is 571. The quantitative estimate of drug-likeness (QED) is 0.790. The van der Waals surface area contributed by atoms with Crippen molar-refractivity contribution in [3.63, 3.8) is 0 Å². The largest absolute Gasteiger partial charge is 0.376 e. The van der Waals surface area contributed by atoms with Gasteiger partial charge < -0.3 is 9.64 Å². The molecule has 22 heavy (non-hydrogen) atoms. The summed E-state index contributed by atoms with van der Waals surface area (Å²) in [5, 5.41) is 0. The van der Waals surface area contributed by atoms with Crippen molar-refractivity contribution in [1.29, 1.82) is 0 Å². The summed E-state index contributed by atoms with van der Waals surface area (Å²) in [7, 11) is 0. The van der Waals surface area contributed by atoms with Crippen LogP contribution in [0.15, 0.2) is 12.1 Å². The second-order valence-corrected chi connectivity index (χ2v) is 7.10. The summed E-state index contributed by atoms with van der Waals surface area (Å²) in [4.78, 5) is 15.1. The van der Waals surface area contributed by atoms with Crippen LogP contribution in [0.4, 0.5) is 5.69 Å². The number of hydrogen-bond acceptors (Lipinski definition) is 2. The number of fused-ring (bicyclic) bond motifs is 1. The van der Waals surface area contributed by atoms with Crippen LogP contribution in [-0.4, -0.2) is 24.7 Å². The molecule has 0 N–H and O–H groups in total. The van der Waals surface area contributed by atoms with Gasteiger partial charge in [0.25, 0.3) is 0 Å². The predicted molar refractivity (Wildman–Crippen MR) is 89.3 cm³/mol. The molecule has 0 saturated carbocycles. The third-order valence-corrected chi connectivity index (χ3v) is 5.01. The highest BCUT2D eigenvalue weighted by Crippen LogP contribution is 2.34. The minimum absolute atomic E-state index is 0.102. The van der Waals surface area contributed by atoms with Crippen molar-refractivity contribution in [2.45, 2.75) is 65.6 Å². The van der Waals surface area contributed by atoms with E-state index in [9.17, 15) is 4.79 Å². The van der Waals surface area contributed by atoms with Gasteiger partial charge in [0, 0.05) is 18.2 Å². The van der Waals surface area contributed by atoms with Gasteiger partial charge in [-0.2, -0.15) is 0 Å². The molecule has 0 spiro atoms. The lowest BCUT2D eigenvalue weighted by molar-refractivity contribution is -0.130. The molecule has 0 unspecified atom stereocenters. The molecule has 0 radical (unpaired) electrons. The van der Waals surface area contributed by atoms with Gasteiger partial charge in [-0.25, -0.2) is 0 Å². The average molecular weight is 301 g/mol. The van der Waals surface area contributed by atoms with Crippen LogP contribution in [0.1, 0.15) is 49.8 Å². The molecule has 1 amide bonds. The summed E-state index contributed by atoms with van der Waals surface area (Å²) in [6.45, 7) is 9.29. The van der Waals surface area contributed by atoms with E-state index in [1.807, 2.05) is 4.90 Å². The van der Waals surface area contributed by atoms with E-state index in [1.165, 1.54) is 16.7 Å². The maximum Gasteiger partial charge on any atom is 0.230 e. The molecule has 0 aliphatic carbocycles. The van der Waals surface area contributed by atoms with E-state index in [2.05, 4.69) is 39.8 Å². The second-order valence-electron chi connectivity index (χ2n) is 7.10. The molecule has 3 rings (SSSR count). The molecule has 2 atom stereocenters. The molecule has 3 heteroatoms. The maximum atomic E-state index is 13.1. The molecule has 2 aliphatic rings. The van der Waals surface area contributed by atoms with Gasteiger partial charge in [-0.05, 0) is 76.1 Å². The van der Waals surface area contributed by atoms with Crippen LogP contribution < -0.4 is 4.90 Å². The van der Waals surface area contributed by atoms with E-state index in [0.717, 1.165) is 37.9 Å². The van der Waals surface area contributed by atoms with Crippen LogP contribution in [-0.2, 0) is 16.0 Å². The van der Waals surface area contributed by atoms with Crippen LogP contribution in [0.25, 0.3) is 0 Å². The SMILES string of the molecule is Cc1cc(C)c2c(c1)N(C(=O)C1C[C@@H](C)O[C@H](C)C1)CCC2. The van der Waals surface area contributed by atoms with Crippen LogP contribution in [0, 0.1) is 19.8 Å². The zero-order chi connectivity index (χ0) is 15.9. The highest BCUT2D eigenvalue weighted by molar-refractivity contribution is 5.96. The van der Waals surface area contributed by atoms with E-state index < -0.39 is 0 Å². The van der Waals surface area contributed by atoms with Crippen LogP contribution >= 0.6 is 0 Å². The van der Waals surface area contributed by atoms with Gasteiger partial charge >= 0.3 is 0 Å². The molecule has 1 fully saturated rings. The molecule has 0 aromatic heterocycles. The van der Waals surface area contributed by atoms with E-state index in [0.29, 0.717) is 5.91 Å². The summed E-state index contributed by atoms with van der Waals surface area (Å²) in [6.07, 6.45) is 4.21. The summed E-state index contributed by atoms with van der Waals surface area (Å²) in [5.41, 5.74) is 5.07. The Kier molecular flexibility index (Phi) is 4.26. The minimum Gasteiger partial charge on any atom is -0.376 e. The Balaban J connectivity index is 1.89. The van der Waals surface area contributed by atoms with Crippen LogP contribution in [0.5, 0.6) is 0 Å². The Hall–Kier alpha value is -1.35. The molecule has 1 aromatic rings. The lowest BCUT2D eigenvalue weighted by Crippen LogP contribution is -2.44. The van der Waals surface area contributed by atoms with E-state index in [-0.39, 0.29) is 18.1 Å². The first-order valence-corrected chi connectivity index (χ1v) is 8.52. The Morgan fingerprint density at radius 1 is 1.18 bits per heavy atom. The summed E-state index contributed by atoms with van der Waals surface area (Å²) < 4.78 is 5.79. The van der Waals surface area contributed by atoms with E-state index in [1.54, 1.807) is 0 Å². The van der Waals surface area contributed by atoms with Crippen molar-refractivity contribution in [1.82, 2.24) is 0 Å². The van der Waals surface area contributed by atoms with Crippen molar-refractivity contribution < 1.29 is 9.53 Å². The minimum atomic E-state index is 0.102. The van der Waals surface area contributed by atoms with Gasteiger partial charge in [0.05, 0.1) is 12.2 Å². The molecule has 0 bridgehead atoms. The van der Waals surface area contributed by atoms with Crippen molar-refractivity contribution in [3.05, 3.63) is 28.8 Å². The topological polar surface area (TPSA) is 29.5 Å². The van der Waals surface area contributed by atoms with Gasteiger partial charge in [-0.1, -0.05) is 6.07 Å². The predicted octanol–water partition coefficient (Wildman–Crippen LogP) is 3.79. The first kappa shape index (κ1) is 15.5. The Morgan fingerprint density at radius 3 is 2.55 bits per heavy atom.